The number of esters is 1. The highest BCUT2D eigenvalue weighted by Gasteiger charge is 2.26. The Morgan fingerprint density at radius 2 is 1.70 bits per heavy atom. The fraction of sp³-hybridized carbons (Fsp3) is 0.395. The molecule has 0 amide bonds. The number of hydrogen-bond acceptors (Lipinski definition) is 2. The number of benzene rings is 1. The van der Waals surface area contributed by atoms with Gasteiger partial charge in [0.1, 0.15) is 5.75 Å². The first-order valence-corrected chi connectivity index (χ1v) is 14.5. The van der Waals surface area contributed by atoms with Crippen molar-refractivity contribution in [1.82, 2.24) is 0 Å². The summed E-state index contributed by atoms with van der Waals surface area (Å²) in [6.07, 6.45) is 24.6. The van der Waals surface area contributed by atoms with E-state index in [1.807, 2.05) is 43.3 Å². The second kappa shape index (κ2) is 18.1. The van der Waals surface area contributed by atoms with Crippen LogP contribution in [-0.4, -0.2) is 5.97 Å². The average Bonchev–Trinajstić information content (AvgIpc) is 2.88. The SMILES string of the molecule is C=C.CC(C)=CCC[C@H](C)/C=C/c1ccc(OC(=O)\C=C(C)/C=C/C=C(C)/C=C/C2=C(C)CCCC2(C)C)cc1. The van der Waals surface area contributed by atoms with Crippen molar-refractivity contribution in [2.75, 3.05) is 0 Å². The number of allylic oxidation sites excluding steroid dienone is 12. The second-order valence-corrected chi connectivity index (χ2v) is 11.6. The minimum absolute atomic E-state index is 0.245. The molecule has 1 aliphatic carbocycles. The highest BCUT2D eigenvalue weighted by Crippen LogP contribution is 2.40. The quantitative estimate of drug-likeness (QED) is 0.0917. The van der Waals surface area contributed by atoms with Gasteiger partial charge in [0.25, 0.3) is 0 Å². The van der Waals surface area contributed by atoms with Gasteiger partial charge in [-0.05, 0) is 107 Å². The molecule has 1 aromatic rings. The van der Waals surface area contributed by atoms with E-state index in [2.05, 4.69) is 98.1 Å². The standard InChI is InChI=1S/C36H48O2.C2H4/c1-27(2)12-9-13-28(3)17-19-32-20-22-33(23-21-32)38-35(37)26-30(5)15-10-14-29(4)18-24-34-31(6)16-11-25-36(34,7)8;1-2/h10,12,14-15,17-24,26,28H,9,11,13,16,25H2,1-8H3;1-2H2/b15-10+,19-17+,24-18+,29-14+,30-26-;/t28-;/m0./s1. The molecule has 0 spiro atoms. The van der Waals surface area contributed by atoms with E-state index >= 15 is 0 Å². The Balaban J connectivity index is 0.00000391. The van der Waals surface area contributed by atoms with Crippen LogP contribution in [-0.2, 0) is 4.79 Å². The number of carbonyl (C=O) groups excluding carboxylic acids is 1. The number of hydrogen-bond donors (Lipinski definition) is 0. The number of rotatable bonds is 11. The zero-order chi connectivity index (χ0) is 30.1. The highest BCUT2D eigenvalue weighted by molar-refractivity contribution is 5.85. The monoisotopic (exact) mass is 540 g/mol. The molecule has 216 valence electrons. The lowest BCUT2D eigenvalue weighted by Crippen LogP contribution is -2.19. The maximum atomic E-state index is 12.4. The molecule has 0 N–H and O–H groups in total. The van der Waals surface area contributed by atoms with Crippen LogP contribution in [0.25, 0.3) is 6.08 Å². The Bertz CT molecular complexity index is 1160. The van der Waals surface area contributed by atoms with Crippen LogP contribution in [0.2, 0.25) is 0 Å². The smallest absolute Gasteiger partial charge is 0.336 e. The third kappa shape index (κ3) is 13.6. The zero-order valence-corrected chi connectivity index (χ0v) is 26.3. The molecule has 0 unspecified atom stereocenters. The number of carbonyl (C=O) groups is 1. The summed E-state index contributed by atoms with van der Waals surface area (Å²) in [5, 5.41) is 0. The Kier molecular flexibility index (Phi) is 15.6. The molecule has 0 heterocycles. The summed E-state index contributed by atoms with van der Waals surface area (Å²) in [7, 11) is 0. The van der Waals surface area contributed by atoms with Crippen LogP contribution in [0.5, 0.6) is 5.75 Å². The first-order valence-electron chi connectivity index (χ1n) is 14.5. The Hall–Kier alpha value is -3.39. The topological polar surface area (TPSA) is 26.3 Å². The molecular weight excluding hydrogens is 488 g/mol. The molecule has 0 radical (unpaired) electrons. The van der Waals surface area contributed by atoms with E-state index in [-0.39, 0.29) is 11.4 Å². The molecule has 0 bridgehead atoms. The molecule has 0 aromatic heterocycles. The van der Waals surface area contributed by atoms with Crippen molar-refractivity contribution in [3.05, 3.63) is 119 Å². The maximum Gasteiger partial charge on any atom is 0.336 e. The van der Waals surface area contributed by atoms with Crippen molar-refractivity contribution in [3.8, 4) is 5.75 Å². The first kappa shape index (κ1) is 34.6. The molecule has 1 aromatic carbocycles. The summed E-state index contributed by atoms with van der Waals surface area (Å²) in [6, 6.07) is 7.64. The predicted octanol–water partition coefficient (Wildman–Crippen LogP) is 11.3. The van der Waals surface area contributed by atoms with Crippen LogP contribution in [0, 0.1) is 11.3 Å². The van der Waals surface area contributed by atoms with E-state index in [0.717, 1.165) is 24.0 Å². The molecule has 1 atom stereocenters. The van der Waals surface area contributed by atoms with E-state index in [1.165, 1.54) is 47.6 Å². The van der Waals surface area contributed by atoms with E-state index < -0.39 is 0 Å². The molecule has 0 saturated heterocycles. The molecule has 2 heteroatoms. The van der Waals surface area contributed by atoms with Crippen molar-refractivity contribution in [2.45, 2.75) is 87.5 Å². The van der Waals surface area contributed by atoms with Crippen LogP contribution in [0.4, 0.5) is 0 Å². The van der Waals surface area contributed by atoms with Crippen LogP contribution in [0.15, 0.2) is 114 Å². The fourth-order valence-electron chi connectivity index (χ4n) is 4.67. The summed E-state index contributed by atoms with van der Waals surface area (Å²) in [6.45, 7) is 23.4. The molecule has 0 fully saturated rings. The van der Waals surface area contributed by atoms with Gasteiger partial charge in [0.15, 0.2) is 0 Å². The van der Waals surface area contributed by atoms with E-state index in [0.29, 0.717) is 11.7 Å². The minimum Gasteiger partial charge on any atom is -0.423 e. The Labute approximate surface area is 245 Å². The molecule has 1 aliphatic rings. The van der Waals surface area contributed by atoms with Gasteiger partial charge < -0.3 is 4.74 Å². The van der Waals surface area contributed by atoms with Gasteiger partial charge in [0.05, 0.1) is 0 Å². The van der Waals surface area contributed by atoms with Gasteiger partial charge in [0.2, 0.25) is 0 Å². The first-order chi connectivity index (χ1) is 19.0. The van der Waals surface area contributed by atoms with Crippen molar-refractivity contribution in [2.24, 2.45) is 11.3 Å². The third-order valence-corrected chi connectivity index (χ3v) is 7.01. The van der Waals surface area contributed by atoms with Crippen LogP contribution < -0.4 is 4.74 Å². The lowest BCUT2D eigenvalue weighted by Gasteiger charge is -2.32. The summed E-state index contributed by atoms with van der Waals surface area (Å²) in [5.74, 6) is 0.698. The zero-order valence-electron chi connectivity index (χ0n) is 26.3. The molecular formula is C38H52O2. The van der Waals surface area contributed by atoms with Crippen LogP contribution >= 0.6 is 0 Å². The average molecular weight is 541 g/mol. The van der Waals surface area contributed by atoms with Gasteiger partial charge in [-0.3, -0.25) is 0 Å². The van der Waals surface area contributed by atoms with Crippen LogP contribution in [0.3, 0.4) is 0 Å². The van der Waals surface area contributed by atoms with Crippen molar-refractivity contribution in [3.63, 3.8) is 0 Å². The third-order valence-electron chi connectivity index (χ3n) is 7.01. The summed E-state index contributed by atoms with van der Waals surface area (Å²) >= 11 is 0. The van der Waals surface area contributed by atoms with Gasteiger partial charge in [0, 0.05) is 6.08 Å². The Morgan fingerprint density at radius 3 is 2.33 bits per heavy atom. The van der Waals surface area contributed by atoms with Crippen molar-refractivity contribution < 1.29 is 9.53 Å². The maximum absolute atomic E-state index is 12.4. The van der Waals surface area contributed by atoms with Gasteiger partial charge >= 0.3 is 5.97 Å². The van der Waals surface area contributed by atoms with Crippen LogP contribution in [0.1, 0.15) is 93.1 Å². The summed E-state index contributed by atoms with van der Waals surface area (Å²) in [4.78, 5) is 12.4. The summed E-state index contributed by atoms with van der Waals surface area (Å²) < 4.78 is 5.49. The lowest BCUT2D eigenvalue weighted by molar-refractivity contribution is -0.129. The van der Waals surface area contributed by atoms with E-state index in [4.69, 9.17) is 4.74 Å². The van der Waals surface area contributed by atoms with Gasteiger partial charge in [-0.15, -0.1) is 13.2 Å². The highest BCUT2D eigenvalue weighted by atomic mass is 16.5. The largest absolute Gasteiger partial charge is 0.423 e. The lowest BCUT2D eigenvalue weighted by atomic mass is 9.72. The van der Waals surface area contributed by atoms with Crippen molar-refractivity contribution in [1.29, 1.82) is 0 Å². The van der Waals surface area contributed by atoms with Gasteiger partial charge in [-0.2, -0.15) is 0 Å². The minimum atomic E-state index is -0.370. The molecule has 2 rings (SSSR count). The molecule has 40 heavy (non-hydrogen) atoms. The van der Waals surface area contributed by atoms with E-state index in [9.17, 15) is 4.79 Å². The number of ether oxygens (including phenoxy) is 1. The molecule has 2 nitrogen and oxygen atoms in total. The van der Waals surface area contributed by atoms with Gasteiger partial charge in [-0.1, -0.05) is 98.2 Å². The van der Waals surface area contributed by atoms with Gasteiger partial charge in [-0.25, -0.2) is 4.79 Å². The fourth-order valence-corrected chi connectivity index (χ4v) is 4.67. The molecule has 0 aliphatic heterocycles. The van der Waals surface area contributed by atoms with E-state index in [1.54, 1.807) is 0 Å². The normalized spacial score (nSPS) is 16.7. The second-order valence-electron chi connectivity index (χ2n) is 11.6. The molecule has 0 saturated carbocycles. The Morgan fingerprint density at radius 1 is 1.02 bits per heavy atom. The summed E-state index contributed by atoms with van der Waals surface area (Å²) in [5.41, 5.74) is 7.71. The van der Waals surface area contributed by atoms with Crippen molar-refractivity contribution >= 4 is 12.0 Å². The predicted molar refractivity (Wildman–Crippen MR) is 176 cm³/mol.